The third-order valence-electron chi connectivity index (χ3n) is 5.03. The van der Waals surface area contributed by atoms with Gasteiger partial charge in [0.1, 0.15) is 19.3 Å². The predicted molar refractivity (Wildman–Crippen MR) is 121 cm³/mol. The monoisotopic (exact) mass is 472 g/mol. The standard InChI is InChI=1S/C23H40N2O8/c1-15(2)20(26)30-13-17(4)32-22(28)24-10-8-6-7-9-11-25-23(29)33-18(5)14-31-21(27)19-12-16(19)3/h16-19,23,25,29H,1,6-14H2,2-5H3,(H,24,28)/t16?,17?,18?,19?,23-/m1/s1. The van der Waals surface area contributed by atoms with Gasteiger partial charge in [-0.1, -0.05) is 26.3 Å². The Bertz CT molecular complexity index is 642. The molecule has 0 spiro atoms. The first-order valence-electron chi connectivity index (χ1n) is 11.6. The van der Waals surface area contributed by atoms with Crippen LogP contribution in [0.2, 0.25) is 0 Å². The number of carbonyl (C=O) groups is 3. The second-order valence-electron chi connectivity index (χ2n) is 8.64. The van der Waals surface area contributed by atoms with Crippen molar-refractivity contribution in [2.75, 3.05) is 26.3 Å². The van der Waals surface area contributed by atoms with E-state index in [9.17, 15) is 19.5 Å². The van der Waals surface area contributed by atoms with Crippen LogP contribution in [-0.2, 0) is 28.5 Å². The average molecular weight is 473 g/mol. The zero-order valence-electron chi connectivity index (χ0n) is 20.3. The minimum absolute atomic E-state index is 0.0166. The Balaban J connectivity index is 1.94. The maximum Gasteiger partial charge on any atom is 0.407 e. The highest BCUT2D eigenvalue weighted by Crippen LogP contribution is 2.38. The minimum atomic E-state index is -1.12. The van der Waals surface area contributed by atoms with Gasteiger partial charge < -0.3 is 29.4 Å². The van der Waals surface area contributed by atoms with Crippen LogP contribution in [0.3, 0.4) is 0 Å². The zero-order chi connectivity index (χ0) is 24.8. The molecule has 0 radical (unpaired) electrons. The van der Waals surface area contributed by atoms with E-state index in [-0.39, 0.29) is 25.1 Å². The van der Waals surface area contributed by atoms with E-state index in [2.05, 4.69) is 17.2 Å². The van der Waals surface area contributed by atoms with Crippen molar-refractivity contribution in [2.45, 2.75) is 78.4 Å². The minimum Gasteiger partial charge on any atom is -0.463 e. The van der Waals surface area contributed by atoms with Crippen LogP contribution in [0.4, 0.5) is 4.79 Å². The molecule has 1 aliphatic rings. The van der Waals surface area contributed by atoms with E-state index >= 15 is 0 Å². The highest BCUT2D eigenvalue weighted by atomic mass is 16.6. The number of ether oxygens (including phenoxy) is 4. The summed E-state index contributed by atoms with van der Waals surface area (Å²) in [5.41, 5.74) is 0.291. The molecule has 4 unspecified atom stereocenters. The fraction of sp³-hybridized carbons (Fsp3) is 0.783. The zero-order valence-corrected chi connectivity index (χ0v) is 20.3. The highest BCUT2D eigenvalue weighted by Gasteiger charge is 2.40. The Kier molecular flexibility index (Phi) is 13.7. The van der Waals surface area contributed by atoms with E-state index < -0.39 is 30.7 Å². The lowest BCUT2D eigenvalue weighted by Gasteiger charge is -2.19. The van der Waals surface area contributed by atoms with Gasteiger partial charge in [0.2, 0.25) is 6.41 Å². The fourth-order valence-corrected chi connectivity index (χ4v) is 2.86. The van der Waals surface area contributed by atoms with Crippen molar-refractivity contribution >= 4 is 18.0 Å². The number of nitrogens with one attached hydrogen (secondary N) is 2. The quantitative estimate of drug-likeness (QED) is 0.0958. The number of esters is 2. The Hall–Kier alpha value is -2.17. The van der Waals surface area contributed by atoms with E-state index in [0.717, 1.165) is 32.1 Å². The van der Waals surface area contributed by atoms with Gasteiger partial charge in [0.15, 0.2) is 0 Å². The molecule has 1 fully saturated rings. The molecule has 3 N–H and O–H groups in total. The summed E-state index contributed by atoms with van der Waals surface area (Å²) < 4.78 is 20.6. The summed E-state index contributed by atoms with van der Waals surface area (Å²) in [5.74, 6) is -0.290. The highest BCUT2D eigenvalue weighted by molar-refractivity contribution is 5.86. The second kappa shape index (κ2) is 15.6. The number of unbranched alkanes of at least 4 members (excludes halogenated alkanes) is 3. The number of rotatable bonds is 17. The Morgan fingerprint density at radius 2 is 1.64 bits per heavy atom. The van der Waals surface area contributed by atoms with E-state index in [1.165, 1.54) is 0 Å². The molecular weight excluding hydrogens is 432 g/mol. The van der Waals surface area contributed by atoms with Gasteiger partial charge in [-0.25, -0.2) is 9.59 Å². The molecule has 1 saturated carbocycles. The molecule has 0 aliphatic heterocycles. The van der Waals surface area contributed by atoms with Gasteiger partial charge in [0.25, 0.3) is 0 Å². The number of hydrogen-bond acceptors (Lipinski definition) is 9. The smallest absolute Gasteiger partial charge is 0.407 e. The van der Waals surface area contributed by atoms with Gasteiger partial charge in [-0.05, 0) is 52.5 Å². The van der Waals surface area contributed by atoms with E-state index in [1.54, 1.807) is 20.8 Å². The predicted octanol–water partition coefficient (Wildman–Crippen LogP) is 2.25. The van der Waals surface area contributed by atoms with Crippen molar-refractivity contribution < 1.29 is 38.4 Å². The Labute approximate surface area is 196 Å². The SMILES string of the molecule is C=C(C)C(=O)OCC(C)OC(=O)NCCCCCCN[C@H](O)OC(C)COC(=O)C1CC1C. The third-order valence-corrected chi connectivity index (χ3v) is 5.03. The van der Waals surface area contributed by atoms with Crippen LogP contribution < -0.4 is 10.6 Å². The molecular formula is C23H40N2O8. The number of aliphatic hydroxyl groups is 1. The number of alkyl carbamates (subject to hydrolysis) is 1. The third kappa shape index (κ3) is 13.9. The van der Waals surface area contributed by atoms with Gasteiger partial charge in [0.05, 0.1) is 12.0 Å². The van der Waals surface area contributed by atoms with Gasteiger partial charge in [-0.3, -0.25) is 10.1 Å². The molecule has 0 aromatic heterocycles. The first kappa shape index (κ1) is 28.9. The Morgan fingerprint density at radius 1 is 1.03 bits per heavy atom. The van der Waals surface area contributed by atoms with Crippen LogP contribution in [-0.4, -0.2) is 68.1 Å². The average Bonchev–Trinajstić information content (AvgIpc) is 3.48. The molecule has 1 amide bonds. The van der Waals surface area contributed by atoms with Crippen molar-refractivity contribution in [3.8, 4) is 0 Å². The van der Waals surface area contributed by atoms with Crippen LogP contribution in [0.25, 0.3) is 0 Å². The molecule has 10 nitrogen and oxygen atoms in total. The first-order valence-corrected chi connectivity index (χ1v) is 11.6. The first-order chi connectivity index (χ1) is 15.6. The number of aliphatic hydroxyl groups excluding tert-OH is 1. The van der Waals surface area contributed by atoms with Gasteiger partial charge in [-0.15, -0.1) is 0 Å². The molecule has 10 heteroatoms. The van der Waals surface area contributed by atoms with Crippen molar-refractivity contribution in [1.29, 1.82) is 0 Å². The van der Waals surface area contributed by atoms with E-state index in [4.69, 9.17) is 18.9 Å². The molecule has 0 aromatic carbocycles. The molecule has 5 atom stereocenters. The van der Waals surface area contributed by atoms with E-state index in [1.807, 2.05) is 6.92 Å². The summed E-state index contributed by atoms with van der Waals surface area (Å²) in [6.07, 6.45) is 1.68. The lowest BCUT2D eigenvalue weighted by atomic mass is 10.2. The molecule has 190 valence electrons. The van der Waals surface area contributed by atoms with Gasteiger partial charge in [-0.2, -0.15) is 0 Å². The van der Waals surface area contributed by atoms with Gasteiger partial charge >= 0.3 is 18.0 Å². The largest absolute Gasteiger partial charge is 0.463 e. The molecule has 33 heavy (non-hydrogen) atoms. The van der Waals surface area contributed by atoms with Crippen LogP contribution in [0.15, 0.2) is 12.2 Å². The lowest BCUT2D eigenvalue weighted by Crippen LogP contribution is -2.36. The molecule has 0 bridgehead atoms. The van der Waals surface area contributed by atoms with Crippen LogP contribution >= 0.6 is 0 Å². The van der Waals surface area contributed by atoms with Crippen molar-refractivity contribution in [3.63, 3.8) is 0 Å². The van der Waals surface area contributed by atoms with Gasteiger partial charge in [0, 0.05) is 12.1 Å². The van der Waals surface area contributed by atoms with Crippen molar-refractivity contribution in [2.24, 2.45) is 11.8 Å². The second-order valence-corrected chi connectivity index (χ2v) is 8.64. The van der Waals surface area contributed by atoms with Crippen molar-refractivity contribution in [1.82, 2.24) is 10.6 Å². The van der Waals surface area contributed by atoms with Crippen molar-refractivity contribution in [3.05, 3.63) is 12.2 Å². The topological polar surface area (TPSA) is 132 Å². The fourth-order valence-electron chi connectivity index (χ4n) is 2.86. The summed E-state index contributed by atoms with van der Waals surface area (Å²) in [7, 11) is 0. The Morgan fingerprint density at radius 3 is 2.24 bits per heavy atom. The van der Waals surface area contributed by atoms with Crippen LogP contribution in [0.5, 0.6) is 0 Å². The summed E-state index contributed by atoms with van der Waals surface area (Å²) in [6.45, 7) is 11.6. The summed E-state index contributed by atoms with van der Waals surface area (Å²) in [5, 5.41) is 15.4. The van der Waals surface area contributed by atoms with Crippen LogP contribution in [0.1, 0.15) is 59.8 Å². The number of carbonyl (C=O) groups excluding carboxylic acids is 3. The normalized spacial score (nSPS) is 19.7. The number of amides is 1. The summed E-state index contributed by atoms with van der Waals surface area (Å²) in [6, 6.07) is 0. The maximum atomic E-state index is 11.7. The summed E-state index contributed by atoms with van der Waals surface area (Å²) in [4.78, 5) is 34.7. The molecule has 0 aromatic rings. The lowest BCUT2D eigenvalue weighted by molar-refractivity contribution is -0.173. The molecule has 0 saturated heterocycles. The maximum absolute atomic E-state index is 11.7. The van der Waals surface area contributed by atoms with Crippen LogP contribution in [0, 0.1) is 11.8 Å². The summed E-state index contributed by atoms with van der Waals surface area (Å²) >= 11 is 0. The van der Waals surface area contributed by atoms with E-state index in [0.29, 0.717) is 24.6 Å². The molecule has 0 heterocycles. The molecule has 1 rings (SSSR count). The molecule has 1 aliphatic carbocycles. The number of hydrogen-bond donors (Lipinski definition) is 3.